The zero-order chi connectivity index (χ0) is 19.0. The average molecular weight is 397 g/mol. The minimum absolute atomic E-state index is 0.00558. The zero-order valence-electron chi connectivity index (χ0n) is 15.5. The maximum atomic E-state index is 13.1. The van der Waals surface area contributed by atoms with Crippen molar-refractivity contribution in [2.45, 2.75) is 26.9 Å². The molecular formula is C20H20N4OS2. The molecule has 0 radical (unpaired) electrons. The molecule has 0 bridgehead atoms. The van der Waals surface area contributed by atoms with Crippen molar-refractivity contribution in [3.8, 4) is 0 Å². The Morgan fingerprint density at radius 3 is 2.78 bits per heavy atom. The second-order valence-corrected chi connectivity index (χ2v) is 8.65. The van der Waals surface area contributed by atoms with Gasteiger partial charge in [-0.1, -0.05) is 6.07 Å². The van der Waals surface area contributed by atoms with E-state index in [1.165, 1.54) is 15.3 Å². The highest BCUT2D eigenvalue weighted by atomic mass is 32.1. The molecule has 27 heavy (non-hydrogen) atoms. The van der Waals surface area contributed by atoms with Crippen LogP contribution in [-0.4, -0.2) is 32.6 Å². The topological polar surface area (TPSA) is 51.0 Å². The minimum atomic E-state index is -0.00558. The molecule has 0 aliphatic rings. The third-order valence-electron chi connectivity index (χ3n) is 4.55. The summed E-state index contributed by atoms with van der Waals surface area (Å²) in [6.45, 7) is 5.26. The summed E-state index contributed by atoms with van der Waals surface area (Å²) in [5.41, 5.74) is 3.46. The average Bonchev–Trinajstić information content (AvgIpc) is 3.38. The first kappa shape index (κ1) is 17.9. The van der Waals surface area contributed by atoms with Gasteiger partial charge in [0.05, 0.1) is 30.2 Å². The Balaban J connectivity index is 1.67. The Morgan fingerprint density at radius 2 is 2.07 bits per heavy atom. The van der Waals surface area contributed by atoms with Crippen LogP contribution in [0.1, 0.15) is 31.4 Å². The Morgan fingerprint density at radius 1 is 1.22 bits per heavy atom. The maximum absolute atomic E-state index is 13.1. The molecule has 0 spiro atoms. The Hall–Kier alpha value is -2.51. The number of carbonyl (C=O) groups is 1. The van der Waals surface area contributed by atoms with Crippen LogP contribution in [0.3, 0.4) is 0 Å². The van der Waals surface area contributed by atoms with Crippen molar-refractivity contribution in [3.05, 3.63) is 67.8 Å². The van der Waals surface area contributed by atoms with Crippen LogP contribution in [0.15, 0.2) is 41.2 Å². The molecule has 0 unspecified atom stereocenters. The number of nitrogens with zero attached hydrogens (tertiary/aromatic N) is 4. The lowest BCUT2D eigenvalue weighted by molar-refractivity contribution is 0.0788. The van der Waals surface area contributed by atoms with Crippen molar-refractivity contribution in [2.75, 3.05) is 7.05 Å². The van der Waals surface area contributed by atoms with Gasteiger partial charge in [-0.15, -0.1) is 22.7 Å². The molecule has 0 atom stereocenters. The van der Waals surface area contributed by atoms with E-state index in [0.717, 1.165) is 16.7 Å². The predicted octanol–water partition coefficient (Wildman–Crippen LogP) is 4.49. The molecule has 0 fully saturated rings. The first-order chi connectivity index (χ1) is 13.0. The van der Waals surface area contributed by atoms with Gasteiger partial charge in [-0.2, -0.15) is 5.10 Å². The third-order valence-corrected chi connectivity index (χ3v) is 6.42. The molecule has 138 valence electrons. The number of hydrogen-bond donors (Lipinski definition) is 0. The van der Waals surface area contributed by atoms with E-state index in [-0.39, 0.29) is 5.91 Å². The van der Waals surface area contributed by atoms with Crippen molar-refractivity contribution in [2.24, 2.45) is 0 Å². The number of amides is 1. The fourth-order valence-electron chi connectivity index (χ4n) is 3.07. The summed E-state index contributed by atoms with van der Waals surface area (Å²) in [5, 5.41) is 9.41. The van der Waals surface area contributed by atoms with Gasteiger partial charge in [0.2, 0.25) is 0 Å². The fraction of sp³-hybridized carbons (Fsp3) is 0.250. The van der Waals surface area contributed by atoms with Gasteiger partial charge in [0.15, 0.2) is 5.65 Å². The van der Waals surface area contributed by atoms with Crippen LogP contribution in [0.2, 0.25) is 0 Å². The lowest BCUT2D eigenvalue weighted by atomic mass is 10.1. The maximum Gasteiger partial charge on any atom is 0.254 e. The quantitative estimate of drug-likeness (QED) is 0.499. The van der Waals surface area contributed by atoms with E-state index in [0.29, 0.717) is 18.7 Å². The van der Waals surface area contributed by atoms with E-state index in [1.807, 2.05) is 30.8 Å². The Labute approximate surface area is 165 Å². The largest absolute Gasteiger partial charge is 0.337 e. The van der Waals surface area contributed by atoms with Gasteiger partial charge in [-0.05, 0) is 48.4 Å². The van der Waals surface area contributed by atoms with Gasteiger partial charge in [-0.3, -0.25) is 4.79 Å². The molecule has 1 amide bonds. The number of pyridine rings is 1. The predicted molar refractivity (Wildman–Crippen MR) is 111 cm³/mol. The second kappa shape index (κ2) is 7.25. The summed E-state index contributed by atoms with van der Waals surface area (Å²) < 4.78 is 1.87. The second-order valence-electron chi connectivity index (χ2n) is 6.62. The lowest BCUT2D eigenvalue weighted by Crippen LogP contribution is -2.26. The standard InChI is InChI=1S/C20H20N4OS2/c1-13-6-8-27-18(13)12-23(3)20(25)16-9-14(2)22-19-17(16)10-21-24(19)11-15-5-4-7-26-15/h4-10H,11-12H2,1-3H3. The molecule has 0 aliphatic carbocycles. The molecular weight excluding hydrogens is 376 g/mol. The molecule has 0 aliphatic heterocycles. The Bertz CT molecular complexity index is 1090. The number of fused-ring (bicyclic) bond motifs is 1. The van der Waals surface area contributed by atoms with Gasteiger partial charge in [0, 0.05) is 22.5 Å². The fourth-order valence-corrected chi connectivity index (χ4v) is 4.72. The number of carbonyl (C=O) groups excluding carboxylic acids is 1. The van der Waals surface area contributed by atoms with Crippen molar-refractivity contribution >= 4 is 39.6 Å². The third kappa shape index (κ3) is 3.52. The number of hydrogen-bond acceptors (Lipinski definition) is 5. The molecule has 5 nitrogen and oxygen atoms in total. The molecule has 4 aromatic rings. The van der Waals surface area contributed by atoms with Crippen LogP contribution in [0.4, 0.5) is 0 Å². The van der Waals surface area contributed by atoms with Crippen LogP contribution in [-0.2, 0) is 13.1 Å². The first-order valence-corrected chi connectivity index (χ1v) is 10.4. The zero-order valence-corrected chi connectivity index (χ0v) is 17.1. The summed E-state index contributed by atoms with van der Waals surface area (Å²) in [6, 6.07) is 8.05. The number of aryl methyl sites for hydroxylation is 2. The van der Waals surface area contributed by atoms with E-state index >= 15 is 0 Å². The van der Waals surface area contributed by atoms with Crippen LogP contribution < -0.4 is 0 Å². The van der Waals surface area contributed by atoms with Crippen molar-refractivity contribution < 1.29 is 4.79 Å². The van der Waals surface area contributed by atoms with E-state index in [9.17, 15) is 4.79 Å². The van der Waals surface area contributed by atoms with E-state index in [4.69, 9.17) is 0 Å². The smallest absolute Gasteiger partial charge is 0.254 e. The summed E-state index contributed by atoms with van der Waals surface area (Å²) in [4.78, 5) is 22.0. The van der Waals surface area contributed by atoms with Gasteiger partial charge in [0.25, 0.3) is 5.91 Å². The molecule has 0 saturated heterocycles. The van der Waals surface area contributed by atoms with Crippen LogP contribution >= 0.6 is 22.7 Å². The van der Waals surface area contributed by atoms with Crippen molar-refractivity contribution in [3.63, 3.8) is 0 Å². The number of aromatic nitrogens is 3. The summed E-state index contributed by atoms with van der Waals surface area (Å²) in [6.07, 6.45) is 1.76. The van der Waals surface area contributed by atoms with Crippen LogP contribution in [0.25, 0.3) is 11.0 Å². The molecule has 0 N–H and O–H groups in total. The van der Waals surface area contributed by atoms with Crippen LogP contribution in [0, 0.1) is 13.8 Å². The van der Waals surface area contributed by atoms with Crippen molar-refractivity contribution in [1.82, 2.24) is 19.7 Å². The molecule has 4 aromatic heterocycles. The number of rotatable bonds is 5. The summed E-state index contributed by atoms with van der Waals surface area (Å²) >= 11 is 3.37. The monoisotopic (exact) mass is 396 g/mol. The Kier molecular flexibility index (Phi) is 4.80. The van der Waals surface area contributed by atoms with E-state index in [1.54, 1.807) is 33.8 Å². The van der Waals surface area contributed by atoms with Gasteiger partial charge in [0.1, 0.15) is 0 Å². The summed E-state index contributed by atoms with van der Waals surface area (Å²) in [5.74, 6) is -0.00558. The minimum Gasteiger partial charge on any atom is -0.337 e. The molecule has 7 heteroatoms. The molecule has 0 aromatic carbocycles. The SMILES string of the molecule is Cc1cc(C(=O)N(C)Cc2sccc2C)c2cnn(Cc3cccs3)c2n1. The van der Waals surface area contributed by atoms with Gasteiger partial charge < -0.3 is 4.90 Å². The van der Waals surface area contributed by atoms with Gasteiger partial charge >= 0.3 is 0 Å². The molecule has 4 heterocycles. The summed E-state index contributed by atoms with van der Waals surface area (Å²) in [7, 11) is 1.85. The normalized spacial score (nSPS) is 11.2. The van der Waals surface area contributed by atoms with Crippen molar-refractivity contribution in [1.29, 1.82) is 0 Å². The van der Waals surface area contributed by atoms with E-state index in [2.05, 4.69) is 39.9 Å². The van der Waals surface area contributed by atoms with Crippen LogP contribution in [0.5, 0.6) is 0 Å². The van der Waals surface area contributed by atoms with E-state index < -0.39 is 0 Å². The highest BCUT2D eigenvalue weighted by Crippen LogP contribution is 2.23. The number of thiophene rings is 2. The highest BCUT2D eigenvalue weighted by Gasteiger charge is 2.20. The molecule has 4 rings (SSSR count). The highest BCUT2D eigenvalue weighted by molar-refractivity contribution is 7.10. The lowest BCUT2D eigenvalue weighted by Gasteiger charge is -2.17. The molecule has 0 saturated carbocycles. The first-order valence-electron chi connectivity index (χ1n) is 8.67. The van der Waals surface area contributed by atoms with Gasteiger partial charge in [-0.25, -0.2) is 9.67 Å².